The van der Waals surface area contributed by atoms with Gasteiger partial charge in [-0.3, -0.25) is 9.69 Å². The van der Waals surface area contributed by atoms with Gasteiger partial charge < -0.3 is 19.1 Å². The van der Waals surface area contributed by atoms with Crippen LogP contribution in [-0.2, 0) is 32.6 Å². The van der Waals surface area contributed by atoms with Crippen molar-refractivity contribution in [3.8, 4) is 11.5 Å². The molecule has 10 nitrogen and oxygen atoms in total. The van der Waals surface area contributed by atoms with Crippen LogP contribution in [0.4, 0.5) is 14.5 Å². The average molecular weight is 663 g/mol. The highest BCUT2D eigenvalue weighted by molar-refractivity contribution is 7.90. The van der Waals surface area contributed by atoms with Gasteiger partial charge in [-0.2, -0.15) is 0 Å². The first-order chi connectivity index (χ1) is 21.6. The number of methoxy groups -OCH3 is 2. The van der Waals surface area contributed by atoms with Gasteiger partial charge in [-0.25, -0.2) is 26.2 Å². The van der Waals surface area contributed by atoms with Crippen molar-refractivity contribution in [3.63, 3.8) is 0 Å². The van der Waals surface area contributed by atoms with E-state index < -0.39 is 33.3 Å². The molecule has 1 saturated heterocycles. The Balaban J connectivity index is 1.66. The summed E-state index contributed by atoms with van der Waals surface area (Å²) >= 11 is 6.92. The van der Waals surface area contributed by atoms with Crippen LogP contribution < -0.4 is 14.4 Å². The summed E-state index contributed by atoms with van der Waals surface area (Å²) in [6.07, 6.45) is 1.72. The number of aromatic nitrogens is 2. The molecule has 1 amide bonds. The van der Waals surface area contributed by atoms with E-state index in [0.717, 1.165) is 11.0 Å². The lowest BCUT2D eigenvalue weighted by molar-refractivity contribution is -0.118. The van der Waals surface area contributed by atoms with Crippen LogP contribution in [0.5, 0.6) is 11.5 Å². The second-order valence-corrected chi connectivity index (χ2v) is 12.6. The molecule has 4 aromatic rings. The number of benzene rings is 2. The molecule has 0 unspecified atom stereocenters. The molecule has 0 aliphatic carbocycles. The zero-order valence-electron chi connectivity index (χ0n) is 25.1. The van der Waals surface area contributed by atoms with Crippen molar-refractivity contribution in [1.82, 2.24) is 13.9 Å². The number of amides is 1. The SMILES string of the molecule is CCCC(=O)N(Cc1cnc2c(cc(CN3CCOCC3)n2S(=O)(=O)c2ccccc2)c1Cl)c1c(F)c(OC)cc(OC)c1F. The fraction of sp³-hybridized carbons (Fsp3) is 0.355. The van der Waals surface area contributed by atoms with Crippen molar-refractivity contribution < 1.29 is 36.2 Å². The fourth-order valence-electron chi connectivity index (χ4n) is 5.28. The van der Waals surface area contributed by atoms with Crippen molar-refractivity contribution in [2.75, 3.05) is 45.4 Å². The summed E-state index contributed by atoms with van der Waals surface area (Å²) in [4.78, 5) is 20.9. The van der Waals surface area contributed by atoms with Crippen molar-refractivity contribution in [2.45, 2.75) is 37.8 Å². The second-order valence-electron chi connectivity index (χ2n) is 10.4. The van der Waals surface area contributed by atoms with Gasteiger partial charge >= 0.3 is 0 Å². The molecule has 1 aliphatic rings. The van der Waals surface area contributed by atoms with Crippen LogP contribution in [0.2, 0.25) is 5.02 Å². The minimum Gasteiger partial charge on any atom is -0.493 e. The molecule has 14 heteroatoms. The molecule has 1 fully saturated rings. The Hall–Kier alpha value is -3.78. The van der Waals surface area contributed by atoms with Crippen molar-refractivity contribution >= 4 is 44.3 Å². The first-order valence-corrected chi connectivity index (χ1v) is 16.1. The van der Waals surface area contributed by atoms with Gasteiger partial charge in [-0.15, -0.1) is 0 Å². The van der Waals surface area contributed by atoms with Crippen LogP contribution in [0.15, 0.2) is 53.6 Å². The fourth-order valence-corrected chi connectivity index (χ4v) is 7.03. The Morgan fingerprint density at radius 1 is 1.07 bits per heavy atom. The number of anilines is 1. The molecule has 0 atom stereocenters. The molecular weight excluding hydrogens is 630 g/mol. The summed E-state index contributed by atoms with van der Waals surface area (Å²) in [7, 11) is -1.67. The minimum absolute atomic E-state index is 0.0128. The van der Waals surface area contributed by atoms with Crippen molar-refractivity contribution in [1.29, 1.82) is 0 Å². The summed E-state index contributed by atoms with van der Waals surface area (Å²) in [6, 6.07) is 10.7. The molecular formula is C31H33ClF2N4O6S. The summed E-state index contributed by atoms with van der Waals surface area (Å²) in [5.74, 6) is -3.36. The van der Waals surface area contributed by atoms with E-state index >= 15 is 8.78 Å². The van der Waals surface area contributed by atoms with Gasteiger partial charge in [0.2, 0.25) is 5.91 Å². The molecule has 0 saturated carbocycles. The predicted molar refractivity (Wildman–Crippen MR) is 165 cm³/mol. The number of nitrogens with zero attached hydrogens (tertiary/aromatic N) is 4. The summed E-state index contributed by atoms with van der Waals surface area (Å²) in [5.41, 5.74) is 0.109. The standard InChI is InChI=1S/C31H33ClF2N4O6S/c1-4-8-26(39)37(30-28(33)24(42-2)16-25(43-3)29(30)34)18-20-17-35-31-23(27(20)32)15-21(19-36-11-13-44-14-12-36)38(31)45(40,41)22-9-6-5-7-10-22/h5-7,9-10,15-17H,4,8,11-14,18-19H2,1-3H3. The number of ether oxygens (including phenoxy) is 3. The normalized spacial score (nSPS) is 14.1. The third-order valence-corrected chi connectivity index (χ3v) is 9.75. The van der Waals surface area contributed by atoms with Gasteiger partial charge in [0.05, 0.1) is 49.6 Å². The molecule has 0 spiro atoms. The number of fused-ring (bicyclic) bond motifs is 1. The number of halogens is 3. The predicted octanol–water partition coefficient (Wildman–Crippen LogP) is 5.39. The number of pyridine rings is 1. The monoisotopic (exact) mass is 662 g/mol. The largest absolute Gasteiger partial charge is 0.493 e. The highest BCUT2D eigenvalue weighted by Crippen LogP contribution is 2.39. The third-order valence-electron chi connectivity index (χ3n) is 7.55. The van der Waals surface area contributed by atoms with Gasteiger partial charge in [0.1, 0.15) is 5.69 Å². The minimum atomic E-state index is -4.10. The lowest BCUT2D eigenvalue weighted by Crippen LogP contribution is -2.36. The Morgan fingerprint density at radius 3 is 2.31 bits per heavy atom. The Kier molecular flexibility index (Phi) is 9.92. The first kappa shape index (κ1) is 32.6. The molecule has 2 aromatic carbocycles. The summed E-state index contributed by atoms with van der Waals surface area (Å²) in [5, 5.41) is 0.402. The number of hydrogen-bond donors (Lipinski definition) is 0. The van der Waals surface area contributed by atoms with E-state index in [4.69, 9.17) is 25.8 Å². The van der Waals surface area contributed by atoms with Crippen molar-refractivity contribution in [3.05, 3.63) is 76.6 Å². The van der Waals surface area contributed by atoms with Crippen LogP contribution in [0.25, 0.3) is 11.0 Å². The van der Waals surface area contributed by atoms with Gasteiger partial charge in [-0.05, 0) is 24.6 Å². The van der Waals surface area contributed by atoms with Gasteiger partial charge in [0, 0.05) is 49.3 Å². The number of rotatable bonds is 11. The van der Waals surface area contributed by atoms with Crippen LogP contribution in [0.1, 0.15) is 31.0 Å². The van der Waals surface area contributed by atoms with Gasteiger partial charge in [0.15, 0.2) is 28.8 Å². The lowest BCUT2D eigenvalue weighted by Gasteiger charge is -2.26. The molecule has 240 valence electrons. The zero-order chi connectivity index (χ0) is 32.3. The molecule has 5 rings (SSSR count). The zero-order valence-corrected chi connectivity index (χ0v) is 26.6. The Labute approximate surface area is 265 Å². The quantitative estimate of drug-likeness (QED) is 0.211. The molecule has 45 heavy (non-hydrogen) atoms. The smallest absolute Gasteiger partial charge is 0.269 e. The summed E-state index contributed by atoms with van der Waals surface area (Å²) < 4.78 is 75.9. The molecule has 2 aromatic heterocycles. The van der Waals surface area contributed by atoms with E-state index in [9.17, 15) is 13.2 Å². The van der Waals surface area contributed by atoms with E-state index in [0.29, 0.717) is 43.8 Å². The number of hydrogen-bond acceptors (Lipinski definition) is 8. The topological polar surface area (TPSA) is 103 Å². The number of carbonyl (C=O) groups excluding carboxylic acids is 1. The summed E-state index contributed by atoms with van der Waals surface area (Å²) in [6.45, 7) is 3.92. The van der Waals surface area contributed by atoms with Crippen LogP contribution >= 0.6 is 11.6 Å². The highest BCUT2D eigenvalue weighted by atomic mass is 35.5. The maximum Gasteiger partial charge on any atom is 0.269 e. The number of carbonyl (C=O) groups is 1. The molecule has 3 heterocycles. The van der Waals surface area contributed by atoms with E-state index in [1.807, 2.05) is 0 Å². The highest BCUT2D eigenvalue weighted by Gasteiger charge is 2.31. The third kappa shape index (κ3) is 6.35. The van der Waals surface area contributed by atoms with Crippen molar-refractivity contribution in [2.24, 2.45) is 0 Å². The Morgan fingerprint density at radius 2 is 1.71 bits per heavy atom. The van der Waals surface area contributed by atoms with E-state index in [1.54, 1.807) is 31.2 Å². The molecule has 0 radical (unpaired) electrons. The van der Waals surface area contributed by atoms with Crippen LogP contribution in [-0.4, -0.2) is 68.7 Å². The molecule has 0 N–H and O–H groups in total. The lowest BCUT2D eigenvalue weighted by atomic mass is 10.1. The van der Waals surface area contributed by atoms with Crippen LogP contribution in [0.3, 0.4) is 0 Å². The maximum absolute atomic E-state index is 15.6. The number of morpholine rings is 1. The van der Waals surface area contributed by atoms with E-state index in [1.165, 1.54) is 36.5 Å². The second kappa shape index (κ2) is 13.7. The van der Waals surface area contributed by atoms with E-state index in [-0.39, 0.29) is 52.1 Å². The van der Waals surface area contributed by atoms with E-state index in [2.05, 4.69) is 9.88 Å². The van der Waals surface area contributed by atoms with Gasteiger partial charge in [-0.1, -0.05) is 36.7 Å². The molecule has 0 bridgehead atoms. The first-order valence-electron chi connectivity index (χ1n) is 14.3. The maximum atomic E-state index is 15.6. The molecule has 1 aliphatic heterocycles. The van der Waals surface area contributed by atoms with Gasteiger partial charge in [0.25, 0.3) is 10.0 Å². The Bertz CT molecular complexity index is 1790. The average Bonchev–Trinajstić information content (AvgIpc) is 3.42. The van der Waals surface area contributed by atoms with Crippen LogP contribution in [0, 0.1) is 11.6 Å².